The molecule has 1 saturated heterocycles. The van der Waals surface area contributed by atoms with Crippen LogP contribution in [0.2, 0.25) is 0 Å². The first-order chi connectivity index (χ1) is 7.06. The number of sulfonamides is 1. The van der Waals surface area contributed by atoms with Gasteiger partial charge in [0.1, 0.15) is 0 Å². The van der Waals surface area contributed by atoms with E-state index in [-0.39, 0.29) is 24.1 Å². The second kappa shape index (κ2) is 7.45. The van der Waals surface area contributed by atoms with Crippen molar-refractivity contribution >= 4 is 22.4 Å². The summed E-state index contributed by atoms with van der Waals surface area (Å²) in [6.45, 7) is 2.48. The molecule has 5 nitrogen and oxygen atoms in total. The number of nitrogens with zero attached hydrogens (tertiary/aromatic N) is 1. The highest BCUT2D eigenvalue weighted by Gasteiger charge is 2.25. The van der Waals surface area contributed by atoms with Crippen LogP contribution >= 0.6 is 12.4 Å². The fourth-order valence-corrected chi connectivity index (χ4v) is 3.03. The first kappa shape index (κ1) is 16.1. The Morgan fingerprint density at radius 3 is 2.69 bits per heavy atom. The maximum atomic E-state index is 11.8. The van der Waals surface area contributed by atoms with E-state index < -0.39 is 10.0 Å². The molecule has 0 amide bonds. The van der Waals surface area contributed by atoms with Crippen molar-refractivity contribution in [1.82, 2.24) is 9.62 Å². The number of nitrogens with one attached hydrogen (secondary N) is 1. The van der Waals surface area contributed by atoms with Crippen LogP contribution in [0.1, 0.15) is 6.42 Å². The summed E-state index contributed by atoms with van der Waals surface area (Å²) in [6.07, 6.45) is 0.860. The summed E-state index contributed by atoms with van der Waals surface area (Å²) in [5, 5.41) is 2.93. The van der Waals surface area contributed by atoms with Crippen LogP contribution in [0.4, 0.5) is 0 Å². The summed E-state index contributed by atoms with van der Waals surface area (Å²) in [4.78, 5) is 0. The van der Waals surface area contributed by atoms with E-state index in [1.807, 2.05) is 7.05 Å². The van der Waals surface area contributed by atoms with Gasteiger partial charge < -0.3 is 10.1 Å². The molecule has 1 fully saturated rings. The standard InChI is InChI=1S/C9H20N2O3S.ClH/c1-10-4-5-11(2)15(12,13)8-9-3-6-14-7-9;/h9-10H,3-8H2,1-2H3;1H. The molecule has 0 aliphatic carbocycles. The minimum atomic E-state index is -3.10. The predicted molar refractivity (Wildman–Crippen MR) is 66.5 cm³/mol. The largest absolute Gasteiger partial charge is 0.381 e. The number of likely N-dealkylation sites (N-methyl/N-ethyl adjacent to an activating group) is 2. The van der Waals surface area contributed by atoms with Gasteiger partial charge in [-0.05, 0) is 19.4 Å². The predicted octanol–water partition coefficient (Wildman–Crippen LogP) is -0.0743. The van der Waals surface area contributed by atoms with Crippen molar-refractivity contribution in [2.45, 2.75) is 6.42 Å². The lowest BCUT2D eigenvalue weighted by Gasteiger charge is -2.18. The zero-order valence-corrected chi connectivity index (χ0v) is 11.4. The van der Waals surface area contributed by atoms with Crippen molar-refractivity contribution in [3.05, 3.63) is 0 Å². The number of hydrogen-bond donors (Lipinski definition) is 1. The third kappa shape index (κ3) is 4.97. The Kier molecular flexibility index (Phi) is 7.50. The third-order valence-electron chi connectivity index (χ3n) is 2.62. The molecule has 0 saturated carbocycles. The van der Waals surface area contributed by atoms with E-state index in [4.69, 9.17) is 4.74 Å². The SMILES string of the molecule is CNCCN(C)S(=O)(=O)CC1CCOC1.Cl. The van der Waals surface area contributed by atoms with Crippen LogP contribution in [0, 0.1) is 5.92 Å². The second-order valence-corrected chi connectivity index (χ2v) is 6.05. The number of ether oxygens (including phenoxy) is 1. The molecule has 0 aromatic carbocycles. The lowest BCUT2D eigenvalue weighted by molar-refractivity contribution is 0.188. The monoisotopic (exact) mass is 272 g/mol. The summed E-state index contributed by atoms with van der Waals surface area (Å²) < 4.78 is 30.3. The van der Waals surface area contributed by atoms with Crippen LogP contribution in [0.3, 0.4) is 0 Å². The Bertz CT molecular complexity index is 278. The van der Waals surface area contributed by atoms with E-state index >= 15 is 0 Å². The summed E-state index contributed by atoms with van der Waals surface area (Å²) in [5.41, 5.74) is 0. The van der Waals surface area contributed by atoms with Crippen LogP contribution in [0.15, 0.2) is 0 Å². The quantitative estimate of drug-likeness (QED) is 0.735. The van der Waals surface area contributed by atoms with Gasteiger partial charge >= 0.3 is 0 Å². The molecule has 0 aromatic heterocycles. The molecular weight excluding hydrogens is 252 g/mol. The maximum absolute atomic E-state index is 11.8. The summed E-state index contributed by atoms with van der Waals surface area (Å²) in [7, 11) is 0.336. The Hall–Kier alpha value is 0.120. The highest BCUT2D eigenvalue weighted by Crippen LogP contribution is 2.15. The fourth-order valence-electron chi connectivity index (χ4n) is 1.55. The molecule has 7 heteroatoms. The van der Waals surface area contributed by atoms with Gasteiger partial charge in [0.25, 0.3) is 0 Å². The van der Waals surface area contributed by atoms with Gasteiger partial charge in [0, 0.05) is 26.7 Å². The molecular formula is C9H21ClN2O3S. The molecule has 0 aromatic rings. The molecule has 0 bridgehead atoms. The fraction of sp³-hybridized carbons (Fsp3) is 1.00. The first-order valence-corrected chi connectivity index (χ1v) is 6.83. The van der Waals surface area contributed by atoms with Crippen LogP contribution in [0.25, 0.3) is 0 Å². The average molecular weight is 273 g/mol. The Balaban J connectivity index is 0.00000225. The van der Waals surface area contributed by atoms with Crippen molar-refractivity contribution in [2.24, 2.45) is 5.92 Å². The number of rotatable bonds is 6. The van der Waals surface area contributed by atoms with Gasteiger partial charge in [-0.15, -0.1) is 12.4 Å². The smallest absolute Gasteiger partial charge is 0.214 e. The zero-order chi connectivity index (χ0) is 11.3. The molecule has 98 valence electrons. The first-order valence-electron chi connectivity index (χ1n) is 5.22. The molecule has 1 rings (SSSR count). The molecule has 1 aliphatic rings. The van der Waals surface area contributed by atoms with Gasteiger partial charge in [0.2, 0.25) is 10.0 Å². The summed E-state index contributed by atoms with van der Waals surface area (Å²) in [5.74, 6) is 0.389. The molecule has 1 heterocycles. The van der Waals surface area contributed by atoms with Gasteiger partial charge in [-0.1, -0.05) is 0 Å². The molecule has 1 N–H and O–H groups in total. The molecule has 0 spiro atoms. The summed E-state index contributed by atoms with van der Waals surface area (Å²) >= 11 is 0. The van der Waals surface area contributed by atoms with E-state index in [0.717, 1.165) is 6.42 Å². The highest BCUT2D eigenvalue weighted by atomic mass is 35.5. The van der Waals surface area contributed by atoms with Crippen LogP contribution in [0.5, 0.6) is 0 Å². The maximum Gasteiger partial charge on any atom is 0.214 e. The number of halogens is 1. The van der Waals surface area contributed by atoms with E-state index in [0.29, 0.717) is 26.3 Å². The number of hydrogen-bond acceptors (Lipinski definition) is 4. The van der Waals surface area contributed by atoms with Crippen LogP contribution < -0.4 is 5.32 Å². The molecule has 16 heavy (non-hydrogen) atoms. The van der Waals surface area contributed by atoms with Gasteiger partial charge in [-0.2, -0.15) is 0 Å². The van der Waals surface area contributed by atoms with E-state index in [1.165, 1.54) is 4.31 Å². The average Bonchev–Trinajstić information content (AvgIpc) is 2.65. The topological polar surface area (TPSA) is 58.6 Å². The van der Waals surface area contributed by atoms with Gasteiger partial charge in [-0.25, -0.2) is 12.7 Å². The third-order valence-corrected chi connectivity index (χ3v) is 4.65. The van der Waals surface area contributed by atoms with Gasteiger partial charge in [-0.3, -0.25) is 0 Å². The molecule has 0 radical (unpaired) electrons. The van der Waals surface area contributed by atoms with Gasteiger partial charge in [0.05, 0.1) is 12.4 Å². The molecule has 1 aliphatic heterocycles. The Morgan fingerprint density at radius 1 is 1.50 bits per heavy atom. The van der Waals surface area contributed by atoms with Crippen molar-refractivity contribution in [2.75, 3.05) is 46.2 Å². The molecule has 1 atom stereocenters. The van der Waals surface area contributed by atoms with Crippen molar-refractivity contribution in [1.29, 1.82) is 0 Å². The van der Waals surface area contributed by atoms with Crippen LogP contribution in [-0.4, -0.2) is 58.9 Å². The van der Waals surface area contributed by atoms with Crippen molar-refractivity contribution in [3.63, 3.8) is 0 Å². The minimum Gasteiger partial charge on any atom is -0.381 e. The Labute approximate surface area is 104 Å². The Morgan fingerprint density at radius 2 is 2.19 bits per heavy atom. The van der Waals surface area contributed by atoms with Crippen LogP contribution in [-0.2, 0) is 14.8 Å². The summed E-state index contributed by atoms with van der Waals surface area (Å²) in [6, 6.07) is 0. The zero-order valence-electron chi connectivity index (χ0n) is 9.81. The van der Waals surface area contributed by atoms with E-state index in [1.54, 1.807) is 7.05 Å². The highest BCUT2D eigenvalue weighted by molar-refractivity contribution is 7.89. The normalized spacial score (nSPS) is 21.1. The van der Waals surface area contributed by atoms with Crippen molar-refractivity contribution < 1.29 is 13.2 Å². The second-order valence-electron chi connectivity index (χ2n) is 3.93. The van der Waals surface area contributed by atoms with E-state index in [9.17, 15) is 8.42 Å². The van der Waals surface area contributed by atoms with Gasteiger partial charge in [0.15, 0.2) is 0 Å². The lowest BCUT2D eigenvalue weighted by Crippen LogP contribution is -2.36. The lowest BCUT2D eigenvalue weighted by atomic mass is 10.2. The minimum absolute atomic E-state index is 0. The van der Waals surface area contributed by atoms with Crippen molar-refractivity contribution in [3.8, 4) is 0 Å². The van der Waals surface area contributed by atoms with E-state index in [2.05, 4.69) is 5.32 Å². The molecule has 1 unspecified atom stereocenters.